The Morgan fingerprint density at radius 1 is 1.85 bits per heavy atom. The number of hydrogen-bond donors (Lipinski definition) is 1. The zero-order chi connectivity index (χ0) is 9.84. The van der Waals surface area contributed by atoms with Crippen LogP contribution in [0.1, 0.15) is 12.6 Å². The monoisotopic (exact) mass is 184 g/mol. The second-order valence-corrected chi connectivity index (χ2v) is 2.39. The highest BCUT2D eigenvalue weighted by molar-refractivity contribution is 6.01. The molecule has 1 amide bonds. The highest BCUT2D eigenvalue weighted by Crippen LogP contribution is 2.14. The van der Waals surface area contributed by atoms with Crippen LogP contribution in [0.4, 0.5) is 10.1 Å². The van der Waals surface area contributed by atoms with Crippen molar-refractivity contribution < 1.29 is 13.7 Å². The molecule has 5 heteroatoms. The van der Waals surface area contributed by atoms with Crippen molar-refractivity contribution in [3.05, 3.63) is 24.4 Å². The van der Waals surface area contributed by atoms with Crippen LogP contribution in [0.25, 0.3) is 0 Å². The third-order valence-electron chi connectivity index (χ3n) is 1.47. The number of rotatable bonds is 3. The molecular formula is C8H9FN2O2. The smallest absolute Gasteiger partial charge is 0.283 e. The van der Waals surface area contributed by atoms with Crippen molar-refractivity contribution in [3.8, 4) is 0 Å². The summed E-state index contributed by atoms with van der Waals surface area (Å²) >= 11 is 0. The standard InChI is InChI=1S/C8H9FN2O2/c1-3-6-7(4-13-11-6)10-8(12)5(2)9/h4H,2-3H2,1H3,(H,10,12). The van der Waals surface area contributed by atoms with E-state index in [0.29, 0.717) is 17.8 Å². The normalized spacial score (nSPS) is 9.69. The van der Waals surface area contributed by atoms with Gasteiger partial charge in [0.2, 0.25) is 0 Å². The second kappa shape index (κ2) is 3.84. The first-order valence-corrected chi connectivity index (χ1v) is 3.74. The number of aromatic nitrogens is 1. The molecule has 0 saturated heterocycles. The minimum absolute atomic E-state index is 0.381. The third kappa shape index (κ3) is 2.14. The zero-order valence-corrected chi connectivity index (χ0v) is 7.13. The number of anilines is 1. The molecule has 0 aliphatic carbocycles. The first-order chi connectivity index (χ1) is 6.15. The fraction of sp³-hybridized carbons (Fsp3) is 0.250. The van der Waals surface area contributed by atoms with E-state index < -0.39 is 11.7 Å². The van der Waals surface area contributed by atoms with Gasteiger partial charge in [-0.1, -0.05) is 18.7 Å². The first-order valence-electron chi connectivity index (χ1n) is 3.74. The van der Waals surface area contributed by atoms with E-state index in [1.54, 1.807) is 0 Å². The van der Waals surface area contributed by atoms with Gasteiger partial charge in [0.25, 0.3) is 5.91 Å². The van der Waals surface area contributed by atoms with Gasteiger partial charge in [0.05, 0.1) is 0 Å². The Kier molecular flexibility index (Phi) is 2.79. The van der Waals surface area contributed by atoms with Crippen LogP contribution in [0.15, 0.2) is 23.2 Å². The molecular weight excluding hydrogens is 175 g/mol. The summed E-state index contributed by atoms with van der Waals surface area (Å²) in [5, 5.41) is 5.88. The van der Waals surface area contributed by atoms with Crippen molar-refractivity contribution in [1.82, 2.24) is 5.16 Å². The molecule has 4 nitrogen and oxygen atoms in total. The number of amides is 1. The van der Waals surface area contributed by atoms with Gasteiger partial charge in [-0.05, 0) is 6.42 Å². The molecule has 0 aliphatic rings. The van der Waals surface area contributed by atoms with Crippen LogP contribution in [-0.4, -0.2) is 11.1 Å². The number of aryl methyl sites for hydroxylation is 1. The lowest BCUT2D eigenvalue weighted by Crippen LogP contribution is -2.11. The summed E-state index contributed by atoms with van der Waals surface area (Å²) in [4.78, 5) is 10.8. The SMILES string of the molecule is C=C(F)C(=O)Nc1conc1CC. The summed E-state index contributed by atoms with van der Waals surface area (Å²) in [5.74, 6) is -1.92. The van der Waals surface area contributed by atoms with Gasteiger partial charge in [0.1, 0.15) is 17.6 Å². The minimum atomic E-state index is -1.04. The molecule has 0 saturated carbocycles. The third-order valence-corrected chi connectivity index (χ3v) is 1.47. The molecule has 0 aliphatic heterocycles. The predicted molar refractivity (Wildman–Crippen MR) is 44.8 cm³/mol. The summed E-state index contributed by atoms with van der Waals surface area (Å²) in [6.07, 6.45) is 1.85. The fourth-order valence-corrected chi connectivity index (χ4v) is 0.807. The summed E-state index contributed by atoms with van der Waals surface area (Å²) in [6.45, 7) is 4.71. The Labute approximate surface area is 74.4 Å². The lowest BCUT2D eigenvalue weighted by molar-refractivity contribution is -0.114. The Balaban J connectivity index is 2.74. The molecule has 0 aromatic carbocycles. The zero-order valence-electron chi connectivity index (χ0n) is 7.13. The molecule has 1 aromatic heterocycles. The van der Waals surface area contributed by atoms with E-state index in [1.165, 1.54) is 6.26 Å². The van der Waals surface area contributed by atoms with Crippen LogP contribution in [-0.2, 0) is 11.2 Å². The van der Waals surface area contributed by atoms with E-state index in [4.69, 9.17) is 0 Å². The average molecular weight is 184 g/mol. The van der Waals surface area contributed by atoms with Gasteiger partial charge in [-0.2, -0.15) is 0 Å². The number of nitrogens with one attached hydrogen (secondary N) is 1. The van der Waals surface area contributed by atoms with Gasteiger partial charge in [-0.25, -0.2) is 4.39 Å². The van der Waals surface area contributed by atoms with Crippen molar-refractivity contribution in [2.45, 2.75) is 13.3 Å². The molecule has 13 heavy (non-hydrogen) atoms. The Hall–Kier alpha value is -1.65. The maximum atomic E-state index is 12.3. The van der Waals surface area contributed by atoms with E-state index in [0.717, 1.165) is 0 Å². The number of halogens is 1. The topological polar surface area (TPSA) is 55.1 Å². The van der Waals surface area contributed by atoms with E-state index in [9.17, 15) is 9.18 Å². The van der Waals surface area contributed by atoms with Crippen LogP contribution in [0, 0.1) is 0 Å². The minimum Gasteiger partial charge on any atom is -0.362 e. The van der Waals surface area contributed by atoms with Gasteiger partial charge >= 0.3 is 0 Å². The maximum absolute atomic E-state index is 12.3. The molecule has 0 spiro atoms. The van der Waals surface area contributed by atoms with Crippen molar-refractivity contribution in [2.75, 3.05) is 5.32 Å². The molecule has 1 N–H and O–H groups in total. The van der Waals surface area contributed by atoms with Crippen LogP contribution in [0.5, 0.6) is 0 Å². The quantitative estimate of drug-likeness (QED) is 0.727. The molecule has 70 valence electrons. The summed E-state index contributed by atoms with van der Waals surface area (Å²) in [6, 6.07) is 0. The van der Waals surface area contributed by atoms with Crippen LogP contribution >= 0.6 is 0 Å². The molecule has 0 radical (unpaired) electrons. The number of carbonyl (C=O) groups is 1. The van der Waals surface area contributed by atoms with E-state index in [-0.39, 0.29) is 0 Å². The van der Waals surface area contributed by atoms with Gasteiger partial charge in [0, 0.05) is 0 Å². The second-order valence-electron chi connectivity index (χ2n) is 2.39. The highest BCUT2D eigenvalue weighted by atomic mass is 19.1. The van der Waals surface area contributed by atoms with Crippen LogP contribution < -0.4 is 5.32 Å². The van der Waals surface area contributed by atoms with Crippen molar-refractivity contribution in [3.63, 3.8) is 0 Å². The summed E-state index contributed by atoms with van der Waals surface area (Å²) in [5.41, 5.74) is 0.959. The van der Waals surface area contributed by atoms with Crippen LogP contribution in [0.3, 0.4) is 0 Å². The number of hydrogen-bond acceptors (Lipinski definition) is 3. The average Bonchev–Trinajstić information content (AvgIpc) is 2.51. The van der Waals surface area contributed by atoms with E-state index in [2.05, 4.69) is 21.6 Å². The highest BCUT2D eigenvalue weighted by Gasteiger charge is 2.11. The molecule has 1 rings (SSSR count). The lowest BCUT2D eigenvalue weighted by Gasteiger charge is -1.99. The molecule has 1 heterocycles. The van der Waals surface area contributed by atoms with Crippen LogP contribution in [0.2, 0.25) is 0 Å². The van der Waals surface area contributed by atoms with Crippen molar-refractivity contribution in [2.24, 2.45) is 0 Å². The Morgan fingerprint density at radius 3 is 3.08 bits per heavy atom. The van der Waals surface area contributed by atoms with Gasteiger partial charge < -0.3 is 9.84 Å². The van der Waals surface area contributed by atoms with Gasteiger partial charge in [-0.3, -0.25) is 4.79 Å². The van der Waals surface area contributed by atoms with E-state index in [1.807, 2.05) is 6.92 Å². The predicted octanol–water partition coefficient (Wildman–Crippen LogP) is 1.66. The molecule has 0 atom stereocenters. The van der Waals surface area contributed by atoms with E-state index >= 15 is 0 Å². The molecule has 0 bridgehead atoms. The first kappa shape index (κ1) is 9.44. The Morgan fingerprint density at radius 2 is 2.54 bits per heavy atom. The largest absolute Gasteiger partial charge is 0.362 e. The maximum Gasteiger partial charge on any atom is 0.283 e. The van der Waals surface area contributed by atoms with Crippen molar-refractivity contribution >= 4 is 11.6 Å². The molecule has 0 fully saturated rings. The number of carbonyl (C=O) groups excluding carboxylic acids is 1. The van der Waals surface area contributed by atoms with Crippen molar-refractivity contribution in [1.29, 1.82) is 0 Å². The number of nitrogens with zero attached hydrogens (tertiary/aromatic N) is 1. The summed E-state index contributed by atoms with van der Waals surface area (Å²) < 4.78 is 16.9. The van der Waals surface area contributed by atoms with Gasteiger partial charge in [-0.15, -0.1) is 0 Å². The summed E-state index contributed by atoms with van der Waals surface area (Å²) in [7, 11) is 0. The molecule has 1 aromatic rings. The van der Waals surface area contributed by atoms with Gasteiger partial charge in [0.15, 0.2) is 5.83 Å². The fourth-order valence-electron chi connectivity index (χ4n) is 0.807. The lowest BCUT2D eigenvalue weighted by atomic mass is 10.3. The Bertz CT molecular complexity index is 333. The molecule has 0 unspecified atom stereocenters.